The molecular weight excluding hydrogens is 198 g/mol. The number of non-ortho nitro benzene ring substituents is 1. The van der Waals surface area contributed by atoms with Crippen LogP contribution in [0.5, 0.6) is 5.75 Å². The predicted molar refractivity (Wildman–Crippen MR) is 53.9 cm³/mol. The quantitative estimate of drug-likeness (QED) is 0.615. The van der Waals surface area contributed by atoms with Crippen LogP contribution in [-0.4, -0.2) is 21.5 Å². The van der Waals surface area contributed by atoms with E-state index >= 15 is 0 Å². The normalized spacial score (nSPS) is 10.5. The van der Waals surface area contributed by atoms with Crippen molar-refractivity contribution >= 4 is 16.7 Å². The third kappa shape index (κ3) is 1.61. The summed E-state index contributed by atoms with van der Waals surface area (Å²) >= 11 is 0. The topological polar surface area (TPSA) is 81.1 Å². The summed E-state index contributed by atoms with van der Waals surface area (Å²) in [6, 6.07) is 3.07. The van der Waals surface area contributed by atoms with Crippen molar-refractivity contribution in [1.29, 1.82) is 0 Å². The second-order valence-electron chi connectivity index (χ2n) is 2.93. The van der Waals surface area contributed by atoms with Gasteiger partial charge in [-0.3, -0.25) is 10.1 Å². The van der Waals surface area contributed by atoms with E-state index in [4.69, 9.17) is 4.74 Å². The Morgan fingerprint density at radius 2 is 2.40 bits per heavy atom. The van der Waals surface area contributed by atoms with Crippen LogP contribution in [0.25, 0.3) is 11.0 Å². The lowest BCUT2D eigenvalue weighted by atomic mass is 10.2. The van der Waals surface area contributed by atoms with E-state index in [9.17, 15) is 10.1 Å². The van der Waals surface area contributed by atoms with E-state index < -0.39 is 4.92 Å². The molecule has 0 radical (unpaired) electrons. The molecule has 78 valence electrons. The molecule has 1 aromatic carbocycles. The van der Waals surface area contributed by atoms with Crippen molar-refractivity contribution in [2.45, 2.75) is 6.92 Å². The van der Waals surface area contributed by atoms with Gasteiger partial charge in [0.2, 0.25) is 0 Å². The van der Waals surface area contributed by atoms with Crippen molar-refractivity contribution < 1.29 is 9.66 Å². The number of aromatic nitrogens is 2. The number of hydrogen-bond acceptors (Lipinski definition) is 4. The molecule has 1 N–H and O–H groups in total. The van der Waals surface area contributed by atoms with Gasteiger partial charge in [-0.15, -0.1) is 0 Å². The first-order valence-corrected chi connectivity index (χ1v) is 4.46. The van der Waals surface area contributed by atoms with Gasteiger partial charge >= 0.3 is 5.69 Å². The number of H-pyrrole nitrogens is 1. The van der Waals surface area contributed by atoms with E-state index in [1.54, 1.807) is 6.07 Å². The van der Waals surface area contributed by atoms with Crippen LogP contribution in [0.4, 0.5) is 5.69 Å². The molecule has 2 aromatic rings. The predicted octanol–water partition coefficient (Wildman–Crippen LogP) is 1.87. The van der Waals surface area contributed by atoms with E-state index in [2.05, 4.69) is 9.97 Å². The Hall–Kier alpha value is -2.11. The summed E-state index contributed by atoms with van der Waals surface area (Å²) in [7, 11) is 0. The Bertz CT molecular complexity index is 506. The first kappa shape index (κ1) is 9.45. The SMILES string of the molecule is CCOc1cc([N+](=O)[O-])c2nc[nH]c2c1. The fourth-order valence-electron chi connectivity index (χ4n) is 1.39. The third-order valence-corrected chi connectivity index (χ3v) is 1.98. The van der Waals surface area contributed by atoms with Gasteiger partial charge < -0.3 is 9.72 Å². The first-order chi connectivity index (χ1) is 7.22. The van der Waals surface area contributed by atoms with Gasteiger partial charge in [-0.1, -0.05) is 0 Å². The molecule has 0 atom stereocenters. The summed E-state index contributed by atoms with van der Waals surface area (Å²) in [5.41, 5.74) is 0.910. The molecule has 0 saturated carbocycles. The lowest BCUT2D eigenvalue weighted by Crippen LogP contribution is -1.94. The molecule has 0 unspecified atom stereocenters. The van der Waals surface area contributed by atoms with Crippen molar-refractivity contribution in [3.63, 3.8) is 0 Å². The Balaban J connectivity index is 2.63. The van der Waals surface area contributed by atoms with Gasteiger partial charge in [-0.25, -0.2) is 4.98 Å². The van der Waals surface area contributed by atoms with Crippen LogP contribution in [-0.2, 0) is 0 Å². The number of hydrogen-bond donors (Lipinski definition) is 1. The number of ether oxygens (including phenoxy) is 1. The lowest BCUT2D eigenvalue weighted by molar-refractivity contribution is -0.383. The maximum atomic E-state index is 10.8. The highest BCUT2D eigenvalue weighted by molar-refractivity contribution is 5.85. The van der Waals surface area contributed by atoms with Crippen LogP contribution < -0.4 is 4.74 Å². The molecule has 0 aliphatic carbocycles. The number of aromatic amines is 1. The fourth-order valence-corrected chi connectivity index (χ4v) is 1.39. The molecule has 1 aromatic heterocycles. The fraction of sp³-hybridized carbons (Fsp3) is 0.222. The minimum atomic E-state index is -0.467. The number of nitrogens with one attached hydrogen (secondary N) is 1. The van der Waals surface area contributed by atoms with Crippen LogP contribution in [0.15, 0.2) is 18.5 Å². The van der Waals surface area contributed by atoms with Crippen molar-refractivity contribution in [2.75, 3.05) is 6.61 Å². The smallest absolute Gasteiger partial charge is 0.300 e. The highest BCUT2D eigenvalue weighted by Crippen LogP contribution is 2.28. The molecule has 6 heteroatoms. The highest BCUT2D eigenvalue weighted by Gasteiger charge is 2.16. The summed E-state index contributed by atoms with van der Waals surface area (Å²) in [4.78, 5) is 17.0. The van der Waals surface area contributed by atoms with Gasteiger partial charge in [-0.2, -0.15) is 0 Å². The zero-order valence-electron chi connectivity index (χ0n) is 8.06. The molecule has 0 saturated heterocycles. The molecule has 0 bridgehead atoms. The zero-order valence-corrected chi connectivity index (χ0v) is 8.06. The van der Waals surface area contributed by atoms with E-state index in [1.165, 1.54) is 12.4 Å². The first-order valence-electron chi connectivity index (χ1n) is 4.46. The van der Waals surface area contributed by atoms with Crippen molar-refractivity contribution in [2.24, 2.45) is 0 Å². The zero-order chi connectivity index (χ0) is 10.8. The largest absolute Gasteiger partial charge is 0.494 e. The van der Waals surface area contributed by atoms with Crippen molar-refractivity contribution in [3.05, 3.63) is 28.6 Å². The number of rotatable bonds is 3. The minimum Gasteiger partial charge on any atom is -0.494 e. The van der Waals surface area contributed by atoms with Crippen molar-refractivity contribution in [1.82, 2.24) is 9.97 Å². The van der Waals surface area contributed by atoms with Crippen LogP contribution >= 0.6 is 0 Å². The number of imidazole rings is 1. The molecule has 6 nitrogen and oxygen atoms in total. The van der Waals surface area contributed by atoms with Crippen LogP contribution in [0.2, 0.25) is 0 Å². The summed E-state index contributed by atoms with van der Waals surface area (Å²) in [5, 5.41) is 10.8. The molecule has 15 heavy (non-hydrogen) atoms. The average Bonchev–Trinajstić information content (AvgIpc) is 2.64. The number of benzene rings is 1. The van der Waals surface area contributed by atoms with E-state index in [0.29, 0.717) is 23.4 Å². The standard InChI is InChI=1S/C9H9N3O3/c1-2-15-6-3-7-9(11-5-10-7)8(4-6)12(13)14/h3-5H,2H2,1H3,(H,10,11). The lowest BCUT2D eigenvalue weighted by Gasteiger charge is -2.02. The molecule has 2 rings (SSSR count). The molecule has 0 fully saturated rings. The van der Waals surface area contributed by atoms with E-state index in [0.717, 1.165) is 0 Å². The number of fused-ring (bicyclic) bond motifs is 1. The highest BCUT2D eigenvalue weighted by atomic mass is 16.6. The molecule has 0 spiro atoms. The summed E-state index contributed by atoms with van der Waals surface area (Å²) in [5.74, 6) is 0.473. The second-order valence-corrected chi connectivity index (χ2v) is 2.93. The molecular formula is C9H9N3O3. The Labute approximate surface area is 85.0 Å². The molecule has 0 amide bonds. The second kappa shape index (κ2) is 3.56. The summed E-state index contributed by atoms with van der Waals surface area (Å²) in [6.45, 7) is 2.29. The minimum absolute atomic E-state index is 0.0443. The number of nitro benzene ring substituents is 1. The van der Waals surface area contributed by atoms with E-state index in [1.807, 2.05) is 6.92 Å². The average molecular weight is 207 g/mol. The van der Waals surface area contributed by atoms with Gasteiger partial charge in [-0.05, 0) is 6.92 Å². The van der Waals surface area contributed by atoms with Gasteiger partial charge in [0, 0.05) is 6.07 Å². The molecule has 0 aliphatic rings. The van der Waals surface area contributed by atoms with Crippen LogP contribution in [0.1, 0.15) is 6.92 Å². The third-order valence-electron chi connectivity index (χ3n) is 1.98. The van der Waals surface area contributed by atoms with Gasteiger partial charge in [0.05, 0.1) is 29.4 Å². The van der Waals surface area contributed by atoms with E-state index in [-0.39, 0.29) is 5.69 Å². The molecule has 0 aliphatic heterocycles. The Kier molecular flexibility index (Phi) is 2.24. The maximum Gasteiger partial charge on any atom is 0.300 e. The van der Waals surface area contributed by atoms with Gasteiger partial charge in [0.15, 0.2) is 5.52 Å². The maximum absolute atomic E-state index is 10.8. The van der Waals surface area contributed by atoms with Gasteiger partial charge in [0.25, 0.3) is 0 Å². The number of nitrogens with zero attached hydrogens (tertiary/aromatic N) is 2. The monoisotopic (exact) mass is 207 g/mol. The Morgan fingerprint density at radius 3 is 3.07 bits per heavy atom. The van der Waals surface area contributed by atoms with Gasteiger partial charge in [0.1, 0.15) is 5.75 Å². The molecule has 1 heterocycles. The number of nitro groups is 1. The van der Waals surface area contributed by atoms with Crippen molar-refractivity contribution in [3.8, 4) is 5.75 Å². The Morgan fingerprint density at radius 1 is 1.60 bits per heavy atom. The summed E-state index contributed by atoms with van der Waals surface area (Å²) < 4.78 is 5.22. The van der Waals surface area contributed by atoms with Crippen LogP contribution in [0.3, 0.4) is 0 Å². The summed E-state index contributed by atoms with van der Waals surface area (Å²) in [6.07, 6.45) is 1.42. The van der Waals surface area contributed by atoms with Crippen LogP contribution in [0, 0.1) is 10.1 Å².